The van der Waals surface area contributed by atoms with Crippen LogP contribution in [-0.2, 0) is 16.1 Å². The molecule has 1 aliphatic rings. The Morgan fingerprint density at radius 3 is 2.69 bits per heavy atom. The molecular weight excluding hydrogens is 328 g/mol. The maximum atomic E-state index is 12.4. The van der Waals surface area contributed by atoms with Crippen molar-refractivity contribution in [3.8, 4) is 11.5 Å². The number of para-hydroxylation sites is 1. The zero-order valence-corrected chi connectivity index (χ0v) is 15.1. The summed E-state index contributed by atoms with van der Waals surface area (Å²) in [4.78, 5) is 12.4. The summed E-state index contributed by atoms with van der Waals surface area (Å²) in [5.41, 5.74) is 8.17. The maximum absolute atomic E-state index is 12.4. The van der Waals surface area contributed by atoms with E-state index in [-0.39, 0.29) is 11.8 Å². The predicted molar refractivity (Wildman–Crippen MR) is 101 cm³/mol. The molecule has 0 saturated carbocycles. The van der Waals surface area contributed by atoms with Crippen molar-refractivity contribution in [2.45, 2.75) is 32.4 Å². The fourth-order valence-electron chi connectivity index (χ4n) is 3.11. The molecule has 1 unspecified atom stereocenters. The van der Waals surface area contributed by atoms with Crippen molar-refractivity contribution < 1.29 is 14.3 Å². The summed E-state index contributed by atoms with van der Waals surface area (Å²) in [7, 11) is 0. The number of carbonyl (C=O) groups excluding carboxylic acids is 1. The second-order valence-corrected chi connectivity index (χ2v) is 6.72. The Labute approximate surface area is 154 Å². The van der Waals surface area contributed by atoms with E-state index in [2.05, 4.69) is 5.32 Å². The van der Waals surface area contributed by atoms with Crippen LogP contribution in [0.1, 0.15) is 24.0 Å². The van der Waals surface area contributed by atoms with Gasteiger partial charge in [0, 0.05) is 25.3 Å². The first kappa shape index (κ1) is 18.4. The molecule has 0 aromatic heterocycles. The van der Waals surface area contributed by atoms with Crippen molar-refractivity contribution in [1.29, 1.82) is 0 Å². The molecule has 0 bridgehead atoms. The van der Waals surface area contributed by atoms with E-state index in [1.54, 1.807) is 0 Å². The number of hydrogen-bond donors (Lipinski definition) is 2. The van der Waals surface area contributed by atoms with Crippen molar-refractivity contribution in [2.75, 3.05) is 13.2 Å². The van der Waals surface area contributed by atoms with E-state index < -0.39 is 6.04 Å². The minimum absolute atomic E-state index is 0.122. The number of nitrogens with one attached hydrogen (secondary N) is 1. The lowest BCUT2D eigenvalue weighted by Crippen LogP contribution is -2.46. The molecule has 5 nitrogen and oxygen atoms in total. The van der Waals surface area contributed by atoms with E-state index in [1.807, 2.05) is 55.5 Å². The first-order valence-electron chi connectivity index (χ1n) is 9.07. The van der Waals surface area contributed by atoms with Gasteiger partial charge in [-0.25, -0.2) is 0 Å². The quantitative estimate of drug-likeness (QED) is 0.836. The van der Waals surface area contributed by atoms with Gasteiger partial charge in [0.15, 0.2) is 0 Å². The van der Waals surface area contributed by atoms with Gasteiger partial charge < -0.3 is 20.5 Å². The number of rotatable bonds is 6. The third-order valence-corrected chi connectivity index (χ3v) is 4.72. The van der Waals surface area contributed by atoms with E-state index in [0.717, 1.165) is 35.5 Å². The number of hydrogen-bond acceptors (Lipinski definition) is 4. The number of nitrogens with two attached hydrogens (primary N) is 1. The van der Waals surface area contributed by atoms with E-state index in [9.17, 15) is 4.79 Å². The van der Waals surface area contributed by atoms with E-state index >= 15 is 0 Å². The summed E-state index contributed by atoms with van der Waals surface area (Å²) >= 11 is 0. The summed E-state index contributed by atoms with van der Waals surface area (Å²) < 4.78 is 11.3. The average Bonchev–Trinajstić information content (AvgIpc) is 2.68. The van der Waals surface area contributed by atoms with Gasteiger partial charge in [0.05, 0.1) is 6.04 Å². The maximum Gasteiger partial charge on any atom is 0.237 e. The molecule has 138 valence electrons. The van der Waals surface area contributed by atoms with Gasteiger partial charge >= 0.3 is 0 Å². The molecule has 1 amide bonds. The number of carbonyl (C=O) groups is 1. The molecule has 1 heterocycles. The molecule has 26 heavy (non-hydrogen) atoms. The van der Waals surface area contributed by atoms with E-state index in [0.29, 0.717) is 19.8 Å². The lowest BCUT2D eigenvalue weighted by atomic mass is 9.92. The van der Waals surface area contributed by atoms with Gasteiger partial charge in [-0.1, -0.05) is 30.3 Å². The average molecular weight is 354 g/mol. The molecular formula is C21H26N2O3. The minimum atomic E-state index is -0.497. The molecule has 0 radical (unpaired) electrons. The van der Waals surface area contributed by atoms with Crippen LogP contribution < -0.4 is 15.8 Å². The van der Waals surface area contributed by atoms with Crippen LogP contribution in [0.25, 0.3) is 0 Å². The lowest BCUT2D eigenvalue weighted by molar-refractivity contribution is -0.124. The van der Waals surface area contributed by atoms with Gasteiger partial charge in [0.1, 0.15) is 11.5 Å². The molecule has 1 atom stereocenters. The van der Waals surface area contributed by atoms with E-state index in [4.69, 9.17) is 15.2 Å². The van der Waals surface area contributed by atoms with Crippen LogP contribution in [0.3, 0.4) is 0 Å². The minimum Gasteiger partial charge on any atom is -0.457 e. The molecule has 2 aromatic carbocycles. The molecule has 2 aromatic rings. The van der Waals surface area contributed by atoms with Crippen molar-refractivity contribution in [2.24, 2.45) is 11.7 Å². The normalized spacial score (nSPS) is 16.1. The SMILES string of the molecule is Cc1ccc(CNC(=O)C(N)C2CCOCC2)c(Oc2ccccc2)c1. The Hall–Kier alpha value is -2.37. The van der Waals surface area contributed by atoms with Crippen molar-refractivity contribution in [3.63, 3.8) is 0 Å². The second-order valence-electron chi connectivity index (χ2n) is 6.72. The standard InChI is InChI=1S/C21H26N2O3/c1-15-7-8-17(19(13-15)26-18-5-3-2-4-6-18)14-23-21(24)20(22)16-9-11-25-12-10-16/h2-8,13,16,20H,9-12,14,22H2,1H3,(H,23,24). The molecule has 0 spiro atoms. The van der Waals surface area contributed by atoms with Gasteiger partial charge in [-0.15, -0.1) is 0 Å². The van der Waals surface area contributed by atoms with Gasteiger partial charge in [0.25, 0.3) is 0 Å². The molecule has 1 aliphatic heterocycles. The topological polar surface area (TPSA) is 73.6 Å². The van der Waals surface area contributed by atoms with Crippen LogP contribution in [0.5, 0.6) is 11.5 Å². The largest absolute Gasteiger partial charge is 0.457 e. The highest BCUT2D eigenvalue weighted by Crippen LogP contribution is 2.26. The molecule has 5 heteroatoms. The van der Waals surface area contributed by atoms with Gasteiger partial charge in [0.2, 0.25) is 5.91 Å². The zero-order chi connectivity index (χ0) is 18.4. The summed E-state index contributed by atoms with van der Waals surface area (Å²) in [5.74, 6) is 1.57. The number of ether oxygens (including phenoxy) is 2. The van der Waals surface area contributed by atoms with Crippen LogP contribution in [0, 0.1) is 12.8 Å². The van der Waals surface area contributed by atoms with Crippen LogP contribution in [-0.4, -0.2) is 25.2 Å². The lowest BCUT2D eigenvalue weighted by Gasteiger charge is -2.26. The molecule has 1 saturated heterocycles. The highest BCUT2D eigenvalue weighted by Gasteiger charge is 2.26. The first-order chi connectivity index (χ1) is 12.6. The molecule has 0 aliphatic carbocycles. The molecule has 3 N–H and O–H groups in total. The van der Waals surface area contributed by atoms with Gasteiger partial charge in [-0.05, 0) is 49.4 Å². The number of amides is 1. The number of aryl methyl sites for hydroxylation is 1. The Bertz CT molecular complexity index is 727. The highest BCUT2D eigenvalue weighted by molar-refractivity contribution is 5.81. The fraction of sp³-hybridized carbons (Fsp3) is 0.381. The summed E-state index contributed by atoms with van der Waals surface area (Å²) in [6.07, 6.45) is 1.67. The third-order valence-electron chi connectivity index (χ3n) is 4.72. The Balaban J connectivity index is 1.64. The van der Waals surface area contributed by atoms with E-state index in [1.165, 1.54) is 0 Å². The van der Waals surface area contributed by atoms with Crippen molar-refractivity contribution in [3.05, 3.63) is 59.7 Å². The summed E-state index contributed by atoms with van der Waals surface area (Å²) in [5, 5.41) is 2.96. The Kier molecular flexibility index (Phi) is 6.26. The van der Waals surface area contributed by atoms with Crippen LogP contribution in [0.2, 0.25) is 0 Å². The van der Waals surface area contributed by atoms with Crippen LogP contribution in [0.4, 0.5) is 0 Å². The molecule has 3 rings (SSSR count). The van der Waals surface area contributed by atoms with Gasteiger partial charge in [-0.2, -0.15) is 0 Å². The van der Waals surface area contributed by atoms with Gasteiger partial charge in [-0.3, -0.25) is 4.79 Å². The zero-order valence-electron chi connectivity index (χ0n) is 15.1. The smallest absolute Gasteiger partial charge is 0.237 e. The monoisotopic (exact) mass is 354 g/mol. The molecule has 1 fully saturated rings. The Morgan fingerprint density at radius 1 is 1.23 bits per heavy atom. The highest BCUT2D eigenvalue weighted by atomic mass is 16.5. The second kappa shape index (κ2) is 8.83. The van der Waals surface area contributed by atoms with Crippen LogP contribution >= 0.6 is 0 Å². The fourth-order valence-corrected chi connectivity index (χ4v) is 3.11. The number of benzene rings is 2. The Morgan fingerprint density at radius 2 is 1.96 bits per heavy atom. The van der Waals surface area contributed by atoms with Crippen molar-refractivity contribution in [1.82, 2.24) is 5.32 Å². The predicted octanol–water partition coefficient (Wildman–Crippen LogP) is 3.16. The summed E-state index contributed by atoms with van der Waals surface area (Å²) in [6.45, 7) is 3.76. The van der Waals surface area contributed by atoms with Crippen molar-refractivity contribution >= 4 is 5.91 Å². The first-order valence-corrected chi connectivity index (χ1v) is 9.07. The summed E-state index contributed by atoms with van der Waals surface area (Å²) in [6, 6.07) is 15.1. The van der Waals surface area contributed by atoms with Crippen LogP contribution in [0.15, 0.2) is 48.5 Å². The third kappa shape index (κ3) is 4.84.